The predicted molar refractivity (Wildman–Crippen MR) is 112 cm³/mol. The summed E-state index contributed by atoms with van der Waals surface area (Å²) in [5.74, 6) is 1.61. The third-order valence-corrected chi connectivity index (χ3v) is 5.82. The molecule has 30 heavy (non-hydrogen) atoms. The van der Waals surface area contributed by atoms with E-state index in [4.69, 9.17) is 9.47 Å². The molecule has 2 aliphatic heterocycles. The van der Waals surface area contributed by atoms with Crippen LogP contribution in [-0.4, -0.2) is 40.3 Å². The number of amides is 1. The van der Waals surface area contributed by atoms with Crippen LogP contribution in [0, 0.1) is 0 Å². The van der Waals surface area contributed by atoms with Crippen LogP contribution in [0.4, 0.5) is 0 Å². The first-order valence-electron chi connectivity index (χ1n) is 10.3. The molecule has 154 valence electrons. The van der Waals surface area contributed by atoms with Gasteiger partial charge in [-0.25, -0.2) is 0 Å². The number of hydrogen-bond donors (Lipinski definition) is 0. The Morgan fingerprint density at radius 3 is 2.83 bits per heavy atom. The van der Waals surface area contributed by atoms with E-state index in [1.54, 1.807) is 10.7 Å². The molecule has 1 aromatic heterocycles. The van der Waals surface area contributed by atoms with E-state index in [0.717, 1.165) is 42.0 Å². The molecule has 0 saturated carbocycles. The summed E-state index contributed by atoms with van der Waals surface area (Å²) in [7, 11) is 0. The van der Waals surface area contributed by atoms with E-state index in [1.165, 1.54) is 6.20 Å². The van der Waals surface area contributed by atoms with E-state index in [9.17, 15) is 9.59 Å². The van der Waals surface area contributed by atoms with Crippen molar-refractivity contribution in [3.8, 4) is 11.5 Å². The Morgan fingerprint density at radius 1 is 1.10 bits per heavy atom. The minimum atomic E-state index is -0.105. The standard InChI is InChI=1S/C23H23N3O4/c27-20-15-24-26(19-5-2-1-4-17(19)20)11-9-23(28)25-10-3-6-18(25)16-7-8-21-22(14-16)30-13-12-29-21/h1-2,4-5,7-8,14-15,18H,3,6,9-13H2. The molecule has 1 unspecified atom stereocenters. The normalized spacial score (nSPS) is 18.0. The molecule has 1 atom stereocenters. The molecule has 2 aliphatic rings. The van der Waals surface area contributed by atoms with Gasteiger partial charge in [0.2, 0.25) is 11.3 Å². The van der Waals surface area contributed by atoms with Crippen molar-refractivity contribution < 1.29 is 14.3 Å². The largest absolute Gasteiger partial charge is 0.486 e. The number of hydrogen-bond acceptors (Lipinski definition) is 5. The smallest absolute Gasteiger partial charge is 0.224 e. The second-order valence-electron chi connectivity index (χ2n) is 7.65. The van der Waals surface area contributed by atoms with Gasteiger partial charge in [0, 0.05) is 18.4 Å². The summed E-state index contributed by atoms with van der Waals surface area (Å²) in [5.41, 5.74) is 1.73. The van der Waals surface area contributed by atoms with Crippen LogP contribution in [0.3, 0.4) is 0 Å². The van der Waals surface area contributed by atoms with Gasteiger partial charge in [0.1, 0.15) is 13.2 Å². The van der Waals surface area contributed by atoms with Crippen molar-refractivity contribution in [2.24, 2.45) is 0 Å². The maximum Gasteiger partial charge on any atom is 0.224 e. The lowest BCUT2D eigenvalue weighted by Crippen LogP contribution is -2.31. The average molecular weight is 405 g/mol. The van der Waals surface area contributed by atoms with Crippen LogP contribution in [0.15, 0.2) is 53.5 Å². The van der Waals surface area contributed by atoms with Gasteiger partial charge >= 0.3 is 0 Å². The van der Waals surface area contributed by atoms with Crippen molar-refractivity contribution in [3.05, 3.63) is 64.4 Å². The van der Waals surface area contributed by atoms with Gasteiger partial charge in [-0.1, -0.05) is 18.2 Å². The summed E-state index contributed by atoms with van der Waals surface area (Å²) in [6.07, 6.45) is 3.57. The highest BCUT2D eigenvalue weighted by Crippen LogP contribution is 2.38. The van der Waals surface area contributed by atoms with E-state index >= 15 is 0 Å². The maximum atomic E-state index is 13.1. The van der Waals surface area contributed by atoms with Crippen molar-refractivity contribution in [3.63, 3.8) is 0 Å². The fraction of sp³-hybridized carbons (Fsp3) is 0.348. The second-order valence-corrected chi connectivity index (χ2v) is 7.65. The van der Waals surface area contributed by atoms with Gasteiger partial charge in [-0.15, -0.1) is 0 Å². The molecular weight excluding hydrogens is 382 g/mol. The molecule has 7 nitrogen and oxygen atoms in total. The first kappa shape index (κ1) is 18.7. The highest BCUT2D eigenvalue weighted by Gasteiger charge is 2.30. The highest BCUT2D eigenvalue weighted by atomic mass is 16.6. The number of nitrogens with zero attached hydrogens (tertiary/aromatic N) is 3. The fourth-order valence-electron chi connectivity index (χ4n) is 4.36. The van der Waals surface area contributed by atoms with Gasteiger partial charge in [-0.05, 0) is 42.7 Å². The molecule has 0 bridgehead atoms. The number of rotatable bonds is 4. The molecule has 0 aliphatic carbocycles. The number of fused-ring (bicyclic) bond motifs is 2. The van der Waals surface area contributed by atoms with E-state index in [0.29, 0.717) is 31.6 Å². The van der Waals surface area contributed by atoms with E-state index in [-0.39, 0.29) is 17.4 Å². The van der Waals surface area contributed by atoms with Gasteiger partial charge in [0.25, 0.3) is 0 Å². The third kappa shape index (κ3) is 3.40. The quantitative estimate of drug-likeness (QED) is 0.667. The molecule has 1 fully saturated rings. The van der Waals surface area contributed by atoms with Crippen molar-refractivity contribution in [1.82, 2.24) is 14.7 Å². The maximum absolute atomic E-state index is 13.1. The number of benzene rings is 2. The summed E-state index contributed by atoms with van der Waals surface area (Å²) < 4.78 is 13.1. The van der Waals surface area contributed by atoms with Crippen LogP contribution < -0.4 is 14.9 Å². The monoisotopic (exact) mass is 405 g/mol. The van der Waals surface area contributed by atoms with Crippen molar-refractivity contribution >= 4 is 16.8 Å². The Balaban J connectivity index is 1.33. The predicted octanol–water partition coefficient (Wildman–Crippen LogP) is 2.92. The lowest BCUT2D eigenvalue weighted by Gasteiger charge is -2.27. The lowest BCUT2D eigenvalue weighted by atomic mass is 10.0. The molecule has 7 heteroatoms. The Hall–Kier alpha value is -3.35. The highest BCUT2D eigenvalue weighted by molar-refractivity contribution is 5.79. The molecule has 0 radical (unpaired) electrons. The summed E-state index contributed by atoms with van der Waals surface area (Å²) in [6.45, 7) is 2.29. The van der Waals surface area contributed by atoms with Gasteiger partial charge in [0.05, 0.1) is 24.3 Å². The van der Waals surface area contributed by atoms with Gasteiger partial charge in [-0.3, -0.25) is 14.3 Å². The number of ether oxygens (including phenoxy) is 2. The zero-order valence-electron chi connectivity index (χ0n) is 16.6. The van der Waals surface area contributed by atoms with Crippen LogP contribution in [0.2, 0.25) is 0 Å². The summed E-state index contributed by atoms with van der Waals surface area (Å²) in [5, 5.41) is 4.85. The van der Waals surface area contributed by atoms with Gasteiger partial charge < -0.3 is 14.4 Å². The Bertz CT molecular complexity index is 1160. The molecule has 3 aromatic rings. The fourth-order valence-corrected chi connectivity index (χ4v) is 4.36. The first-order valence-corrected chi connectivity index (χ1v) is 10.3. The first-order chi connectivity index (χ1) is 14.7. The molecule has 1 saturated heterocycles. The van der Waals surface area contributed by atoms with Crippen LogP contribution >= 0.6 is 0 Å². The zero-order valence-corrected chi connectivity index (χ0v) is 16.6. The molecule has 2 aromatic carbocycles. The SMILES string of the molecule is O=C(CCn1ncc(=O)c2ccccc21)N1CCCC1c1ccc2c(c1)OCCO2. The molecule has 0 spiro atoms. The van der Waals surface area contributed by atoms with Crippen molar-refractivity contribution in [2.75, 3.05) is 19.8 Å². The topological polar surface area (TPSA) is 73.7 Å². The summed E-state index contributed by atoms with van der Waals surface area (Å²) >= 11 is 0. The van der Waals surface area contributed by atoms with Crippen LogP contribution in [-0.2, 0) is 11.3 Å². The summed E-state index contributed by atoms with van der Waals surface area (Å²) in [4.78, 5) is 27.0. The number of aryl methyl sites for hydroxylation is 1. The lowest BCUT2D eigenvalue weighted by molar-refractivity contribution is -0.132. The number of aromatic nitrogens is 2. The minimum Gasteiger partial charge on any atom is -0.486 e. The second kappa shape index (κ2) is 7.82. The minimum absolute atomic E-state index is 0.0482. The Morgan fingerprint density at radius 2 is 1.93 bits per heavy atom. The van der Waals surface area contributed by atoms with Crippen LogP contribution in [0.25, 0.3) is 10.9 Å². The molecule has 3 heterocycles. The number of likely N-dealkylation sites (tertiary alicyclic amines) is 1. The molecule has 0 N–H and O–H groups in total. The van der Waals surface area contributed by atoms with E-state index in [2.05, 4.69) is 5.10 Å². The Kier molecular flexibility index (Phi) is 4.86. The van der Waals surface area contributed by atoms with Crippen molar-refractivity contribution in [2.45, 2.75) is 31.8 Å². The molecule has 5 rings (SSSR count). The third-order valence-electron chi connectivity index (χ3n) is 5.82. The molecular formula is C23H23N3O4. The van der Waals surface area contributed by atoms with Crippen LogP contribution in [0.5, 0.6) is 11.5 Å². The summed E-state index contributed by atoms with van der Waals surface area (Å²) in [6, 6.07) is 13.4. The van der Waals surface area contributed by atoms with Crippen molar-refractivity contribution in [1.29, 1.82) is 0 Å². The van der Waals surface area contributed by atoms with Crippen LogP contribution in [0.1, 0.15) is 30.9 Å². The van der Waals surface area contributed by atoms with E-state index in [1.807, 2.05) is 41.3 Å². The van der Waals surface area contributed by atoms with Gasteiger partial charge in [-0.2, -0.15) is 5.10 Å². The number of carbonyl (C=O) groups is 1. The molecule has 1 amide bonds. The number of carbonyl (C=O) groups excluding carboxylic acids is 1. The van der Waals surface area contributed by atoms with Gasteiger partial charge in [0.15, 0.2) is 11.5 Å². The van der Waals surface area contributed by atoms with E-state index < -0.39 is 0 Å². The average Bonchev–Trinajstić information content (AvgIpc) is 3.28. The Labute approximate surface area is 173 Å². The number of para-hydroxylation sites is 1. The zero-order chi connectivity index (χ0) is 20.5.